The molecule has 0 aromatic rings. The average molecular weight is 437 g/mol. The van der Waals surface area contributed by atoms with Crippen LogP contribution in [0.3, 0.4) is 0 Å². The van der Waals surface area contributed by atoms with Gasteiger partial charge in [0, 0.05) is 26.8 Å². The summed E-state index contributed by atoms with van der Waals surface area (Å²) in [5, 5.41) is 11.5. The Bertz CT molecular complexity index is 274. The van der Waals surface area contributed by atoms with Crippen molar-refractivity contribution in [2.24, 2.45) is 0 Å². The summed E-state index contributed by atoms with van der Waals surface area (Å²) >= 11 is 8.67. The van der Waals surface area contributed by atoms with Gasteiger partial charge < -0.3 is 9.84 Å². The number of aliphatic hydroxyl groups excluding tert-OH is 1. The molecule has 5 nitrogen and oxygen atoms in total. The molecule has 0 spiro atoms. The SMILES string of the molecule is CCOOCCCSCSCSCCC(=O)OCCSCSCO. The van der Waals surface area contributed by atoms with E-state index in [1.807, 2.05) is 30.4 Å². The average Bonchev–Trinajstić information content (AvgIpc) is 2.59. The van der Waals surface area contributed by atoms with Gasteiger partial charge in [-0.2, -0.15) is 23.5 Å². The summed E-state index contributed by atoms with van der Waals surface area (Å²) in [6.45, 7) is 3.61. The van der Waals surface area contributed by atoms with Gasteiger partial charge in [0.25, 0.3) is 0 Å². The Balaban J connectivity index is 3.11. The summed E-state index contributed by atoms with van der Waals surface area (Å²) in [6, 6.07) is 0. The Morgan fingerprint density at radius 1 is 0.875 bits per heavy atom. The zero-order valence-electron chi connectivity index (χ0n) is 14.1. The van der Waals surface area contributed by atoms with Crippen molar-refractivity contribution < 1.29 is 24.4 Å². The second-order valence-corrected chi connectivity index (χ2v) is 10.5. The topological polar surface area (TPSA) is 65.0 Å². The van der Waals surface area contributed by atoms with Crippen LogP contribution >= 0.6 is 58.8 Å². The Morgan fingerprint density at radius 3 is 2.33 bits per heavy atom. The standard InChI is InChI=1S/C14H28O5S5/c1-2-18-19-5-3-7-20-12-24-13-21-8-4-14(16)17-6-9-22-11-23-10-15/h15H,2-13H2,1H3. The molecule has 0 rings (SSSR count). The highest BCUT2D eigenvalue weighted by Crippen LogP contribution is 2.19. The Kier molecular flexibility index (Phi) is 23.2. The fourth-order valence-electron chi connectivity index (χ4n) is 1.23. The van der Waals surface area contributed by atoms with E-state index in [9.17, 15) is 4.79 Å². The Labute approximate surface area is 166 Å². The number of rotatable bonds is 19. The van der Waals surface area contributed by atoms with Gasteiger partial charge >= 0.3 is 5.97 Å². The minimum absolute atomic E-state index is 0.119. The maximum Gasteiger partial charge on any atom is 0.306 e. The molecule has 0 aromatic carbocycles. The van der Waals surface area contributed by atoms with Gasteiger partial charge in [-0.25, -0.2) is 9.78 Å². The van der Waals surface area contributed by atoms with E-state index in [1.165, 1.54) is 11.8 Å². The molecule has 0 bridgehead atoms. The lowest BCUT2D eigenvalue weighted by molar-refractivity contribution is -0.290. The van der Waals surface area contributed by atoms with E-state index in [2.05, 4.69) is 0 Å². The molecule has 0 aliphatic heterocycles. The Morgan fingerprint density at radius 2 is 1.58 bits per heavy atom. The summed E-state index contributed by atoms with van der Waals surface area (Å²) in [5.74, 6) is 2.70. The molecule has 144 valence electrons. The number of carbonyl (C=O) groups excluding carboxylic acids is 1. The highest BCUT2D eigenvalue weighted by molar-refractivity contribution is 8.22. The smallest absolute Gasteiger partial charge is 0.306 e. The molecule has 0 saturated heterocycles. The molecule has 0 aliphatic rings. The van der Waals surface area contributed by atoms with Crippen LogP contribution in [0, 0.1) is 0 Å². The molecule has 0 fully saturated rings. The van der Waals surface area contributed by atoms with Crippen LogP contribution in [0.4, 0.5) is 0 Å². The van der Waals surface area contributed by atoms with Crippen molar-refractivity contribution in [2.45, 2.75) is 19.8 Å². The van der Waals surface area contributed by atoms with E-state index < -0.39 is 0 Å². The number of hydrogen-bond donors (Lipinski definition) is 1. The van der Waals surface area contributed by atoms with Crippen molar-refractivity contribution in [3.8, 4) is 0 Å². The molecule has 10 heteroatoms. The van der Waals surface area contributed by atoms with Gasteiger partial charge in [0.05, 0.1) is 25.6 Å². The van der Waals surface area contributed by atoms with Crippen molar-refractivity contribution in [2.75, 3.05) is 58.3 Å². The van der Waals surface area contributed by atoms with Crippen molar-refractivity contribution in [3.05, 3.63) is 0 Å². The minimum Gasteiger partial charge on any atom is -0.465 e. The molecule has 0 aliphatic carbocycles. The first-order valence-corrected chi connectivity index (χ1v) is 13.5. The van der Waals surface area contributed by atoms with Crippen LogP contribution < -0.4 is 0 Å². The predicted molar refractivity (Wildman–Crippen MR) is 112 cm³/mol. The first-order chi connectivity index (χ1) is 11.8. The van der Waals surface area contributed by atoms with Crippen LogP contribution in [0.25, 0.3) is 0 Å². The van der Waals surface area contributed by atoms with Gasteiger partial charge in [-0.15, -0.1) is 35.3 Å². The number of thioether (sulfide) groups is 5. The molecular weight excluding hydrogens is 408 g/mol. The molecule has 1 N–H and O–H groups in total. The quantitative estimate of drug-likeness (QED) is 0.106. The Hall–Kier alpha value is 1.10. The number of carbonyl (C=O) groups is 1. The van der Waals surface area contributed by atoms with Crippen LogP contribution in [0.1, 0.15) is 19.8 Å². The molecule has 24 heavy (non-hydrogen) atoms. The van der Waals surface area contributed by atoms with Crippen LogP contribution in [0.15, 0.2) is 0 Å². The second-order valence-electron chi connectivity index (χ2n) is 4.17. The van der Waals surface area contributed by atoms with Crippen LogP contribution in [0.2, 0.25) is 0 Å². The summed E-state index contributed by atoms with van der Waals surface area (Å²) in [5.41, 5.74) is 0. The third-order valence-corrected chi connectivity index (χ3v) is 7.96. The number of hydrogen-bond acceptors (Lipinski definition) is 10. The normalized spacial score (nSPS) is 10.9. The molecule has 0 saturated carbocycles. The predicted octanol–water partition coefficient (Wildman–Crippen LogP) is 3.77. The third-order valence-electron chi connectivity index (χ3n) is 2.25. The maximum absolute atomic E-state index is 11.5. The molecule has 0 radical (unpaired) electrons. The fraction of sp³-hybridized carbons (Fsp3) is 0.929. The summed E-state index contributed by atoms with van der Waals surface area (Å²) in [4.78, 5) is 21.2. The molecular formula is C14H28O5S5. The lowest BCUT2D eigenvalue weighted by Crippen LogP contribution is -2.08. The van der Waals surface area contributed by atoms with E-state index in [0.29, 0.717) is 26.2 Å². The number of esters is 1. The van der Waals surface area contributed by atoms with Crippen molar-refractivity contribution in [3.63, 3.8) is 0 Å². The van der Waals surface area contributed by atoms with E-state index in [-0.39, 0.29) is 11.9 Å². The summed E-state index contributed by atoms with van der Waals surface area (Å²) < 4.78 is 5.14. The number of ether oxygens (including phenoxy) is 1. The van der Waals surface area contributed by atoms with Gasteiger partial charge in [-0.05, 0) is 19.1 Å². The first kappa shape index (κ1) is 25.1. The third kappa shape index (κ3) is 21.1. The minimum atomic E-state index is -0.119. The van der Waals surface area contributed by atoms with Crippen LogP contribution in [0.5, 0.6) is 0 Å². The van der Waals surface area contributed by atoms with Crippen molar-refractivity contribution in [1.82, 2.24) is 0 Å². The monoisotopic (exact) mass is 436 g/mol. The van der Waals surface area contributed by atoms with Crippen LogP contribution in [-0.2, 0) is 19.3 Å². The summed E-state index contributed by atoms with van der Waals surface area (Å²) in [7, 11) is 0. The largest absolute Gasteiger partial charge is 0.465 e. The molecule has 0 amide bonds. The van der Waals surface area contributed by atoms with Gasteiger partial charge in [-0.1, -0.05) is 0 Å². The van der Waals surface area contributed by atoms with Crippen molar-refractivity contribution in [1.29, 1.82) is 0 Å². The second kappa shape index (κ2) is 22.1. The zero-order valence-corrected chi connectivity index (χ0v) is 18.2. The van der Waals surface area contributed by atoms with E-state index in [1.54, 1.807) is 23.5 Å². The fourth-order valence-corrected chi connectivity index (χ4v) is 6.07. The van der Waals surface area contributed by atoms with E-state index in [0.717, 1.165) is 38.9 Å². The molecule has 0 unspecified atom stereocenters. The highest BCUT2D eigenvalue weighted by Gasteiger charge is 2.02. The number of aliphatic hydroxyl groups is 1. The zero-order chi connectivity index (χ0) is 17.7. The van der Waals surface area contributed by atoms with E-state index in [4.69, 9.17) is 19.6 Å². The van der Waals surface area contributed by atoms with Gasteiger partial charge in [-0.3, -0.25) is 4.79 Å². The lowest BCUT2D eigenvalue weighted by atomic mass is 10.5. The van der Waals surface area contributed by atoms with Gasteiger partial charge in [0.2, 0.25) is 0 Å². The molecule has 0 heterocycles. The van der Waals surface area contributed by atoms with Crippen LogP contribution in [-0.4, -0.2) is 69.3 Å². The first-order valence-electron chi connectivity index (χ1n) is 7.70. The highest BCUT2D eigenvalue weighted by atomic mass is 32.2. The molecule has 0 aromatic heterocycles. The lowest BCUT2D eigenvalue weighted by Gasteiger charge is -2.05. The maximum atomic E-state index is 11.5. The van der Waals surface area contributed by atoms with Gasteiger partial charge in [0.15, 0.2) is 0 Å². The van der Waals surface area contributed by atoms with Gasteiger partial charge in [0.1, 0.15) is 6.61 Å². The van der Waals surface area contributed by atoms with E-state index >= 15 is 0 Å². The summed E-state index contributed by atoms with van der Waals surface area (Å²) in [6.07, 6.45) is 1.48. The molecule has 0 atom stereocenters. The van der Waals surface area contributed by atoms with Crippen molar-refractivity contribution >= 4 is 64.8 Å².